The molecule has 0 spiro atoms. The van der Waals surface area contributed by atoms with Gasteiger partial charge >= 0.3 is 0 Å². The Balaban J connectivity index is 1.48. The van der Waals surface area contributed by atoms with Gasteiger partial charge in [-0.1, -0.05) is 43.3 Å². The summed E-state index contributed by atoms with van der Waals surface area (Å²) in [6.45, 7) is 2.35. The van der Waals surface area contributed by atoms with Crippen molar-refractivity contribution in [3.8, 4) is 17.6 Å². The smallest absolute Gasteiger partial charge is 0.264 e. The number of benzene rings is 3. The number of amides is 1. The van der Waals surface area contributed by atoms with Crippen molar-refractivity contribution in [1.82, 2.24) is 5.32 Å². The molecule has 0 unspecified atom stereocenters. The lowest BCUT2D eigenvalue weighted by Crippen LogP contribution is -2.19. The number of aryl methyl sites for hydroxylation is 1. The fraction of sp³-hybridized carbons (Fsp3) is 0.148. The van der Waals surface area contributed by atoms with Crippen LogP contribution in [0, 0.1) is 11.3 Å². The maximum Gasteiger partial charge on any atom is 0.264 e. The first-order chi connectivity index (χ1) is 16.6. The molecule has 6 nitrogen and oxygen atoms in total. The van der Waals surface area contributed by atoms with Gasteiger partial charge in [0.2, 0.25) is 0 Å². The monoisotopic (exact) mass is 469 g/mol. The number of methoxy groups -OCH3 is 1. The molecular formula is C27H23N3O3S. The van der Waals surface area contributed by atoms with Crippen molar-refractivity contribution in [2.75, 3.05) is 7.11 Å². The predicted octanol–water partition coefficient (Wildman–Crippen LogP) is 5.60. The second-order valence-corrected chi connectivity index (χ2v) is 8.50. The highest BCUT2D eigenvalue weighted by Crippen LogP contribution is 2.33. The number of carbonyl (C=O) groups is 1. The van der Waals surface area contributed by atoms with Crippen LogP contribution in [0.25, 0.3) is 6.08 Å². The second kappa shape index (κ2) is 10.7. The predicted molar refractivity (Wildman–Crippen MR) is 135 cm³/mol. The molecule has 0 radical (unpaired) electrons. The quantitative estimate of drug-likeness (QED) is 0.456. The number of rotatable bonds is 7. The molecule has 0 aromatic heterocycles. The minimum Gasteiger partial charge on any atom is -0.493 e. The van der Waals surface area contributed by atoms with Crippen LogP contribution in [0.4, 0.5) is 5.69 Å². The van der Waals surface area contributed by atoms with E-state index in [1.54, 1.807) is 25.3 Å². The third kappa shape index (κ3) is 5.48. The molecule has 170 valence electrons. The Morgan fingerprint density at radius 1 is 1.09 bits per heavy atom. The van der Waals surface area contributed by atoms with Gasteiger partial charge in [-0.2, -0.15) is 5.26 Å². The lowest BCUT2D eigenvalue weighted by molar-refractivity contribution is -0.115. The van der Waals surface area contributed by atoms with E-state index in [9.17, 15) is 10.1 Å². The number of nitrogens with one attached hydrogen (secondary N) is 1. The lowest BCUT2D eigenvalue weighted by atomic mass is 10.1. The van der Waals surface area contributed by atoms with Gasteiger partial charge in [0, 0.05) is 5.56 Å². The van der Waals surface area contributed by atoms with Crippen LogP contribution in [-0.2, 0) is 17.8 Å². The van der Waals surface area contributed by atoms with Crippen molar-refractivity contribution in [3.05, 3.63) is 93.9 Å². The van der Waals surface area contributed by atoms with E-state index in [4.69, 9.17) is 9.47 Å². The van der Waals surface area contributed by atoms with E-state index in [1.165, 1.54) is 17.3 Å². The summed E-state index contributed by atoms with van der Waals surface area (Å²) >= 11 is 1.30. The zero-order chi connectivity index (χ0) is 23.9. The van der Waals surface area contributed by atoms with Crippen molar-refractivity contribution in [3.63, 3.8) is 0 Å². The molecule has 1 heterocycles. The van der Waals surface area contributed by atoms with Gasteiger partial charge in [-0.3, -0.25) is 4.79 Å². The number of hydrogen-bond donors (Lipinski definition) is 1. The number of aliphatic imine (C=N–C) groups is 1. The van der Waals surface area contributed by atoms with Gasteiger partial charge in [-0.05, 0) is 65.7 Å². The Morgan fingerprint density at radius 2 is 1.88 bits per heavy atom. The Labute approximate surface area is 202 Å². The molecular weight excluding hydrogens is 446 g/mol. The highest BCUT2D eigenvalue weighted by atomic mass is 32.2. The molecule has 1 aliphatic heterocycles. The molecule has 0 bridgehead atoms. The summed E-state index contributed by atoms with van der Waals surface area (Å²) in [4.78, 5) is 17.5. The summed E-state index contributed by atoms with van der Waals surface area (Å²) in [5, 5.41) is 12.6. The zero-order valence-electron chi connectivity index (χ0n) is 18.9. The Hall–Kier alpha value is -4.02. The average molecular weight is 470 g/mol. The largest absolute Gasteiger partial charge is 0.493 e. The van der Waals surface area contributed by atoms with Gasteiger partial charge in [0.25, 0.3) is 5.91 Å². The number of thioether (sulfide) groups is 1. The Morgan fingerprint density at radius 3 is 2.62 bits per heavy atom. The van der Waals surface area contributed by atoms with E-state index in [2.05, 4.69) is 23.3 Å². The third-order valence-electron chi connectivity index (χ3n) is 5.23. The second-order valence-electron chi connectivity index (χ2n) is 7.47. The summed E-state index contributed by atoms with van der Waals surface area (Å²) in [5.74, 6) is 0.900. The fourth-order valence-corrected chi connectivity index (χ4v) is 4.20. The van der Waals surface area contributed by atoms with Gasteiger partial charge in [0.15, 0.2) is 16.7 Å². The van der Waals surface area contributed by atoms with Crippen LogP contribution in [0.1, 0.15) is 29.2 Å². The van der Waals surface area contributed by atoms with E-state index in [0.29, 0.717) is 27.1 Å². The van der Waals surface area contributed by atoms with Crippen molar-refractivity contribution < 1.29 is 14.3 Å². The molecule has 7 heteroatoms. The van der Waals surface area contributed by atoms with Gasteiger partial charge in [-0.15, -0.1) is 0 Å². The van der Waals surface area contributed by atoms with Crippen molar-refractivity contribution in [2.24, 2.45) is 4.99 Å². The van der Waals surface area contributed by atoms with Gasteiger partial charge in [-0.25, -0.2) is 4.99 Å². The van der Waals surface area contributed by atoms with Crippen molar-refractivity contribution in [2.45, 2.75) is 20.0 Å². The molecule has 1 N–H and O–H groups in total. The molecule has 3 aromatic carbocycles. The number of nitriles is 1. The minimum atomic E-state index is -0.193. The number of carbonyl (C=O) groups excluding carboxylic acids is 1. The normalized spacial score (nSPS) is 15.3. The van der Waals surface area contributed by atoms with Crippen molar-refractivity contribution in [1.29, 1.82) is 5.26 Å². The summed E-state index contributed by atoms with van der Waals surface area (Å²) < 4.78 is 11.4. The van der Waals surface area contributed by atoms with Gasteiger partial charge < -0.3 is 14.8 Å². The Bertz CT molecular complexity index is 1310. The lowest BCUT2D eigenvalue weighted by Gasteiger charge is -2.12. The fourth-order valence-electron chi connectivity index (χ4n) is 3.36. The van der Waals surface area contributed by atoms with Gasteiger partial charge in [0.1, 0.15) is 6.61 Å². The van der Waals surface area contributed by atoms with Crippen LogP contribution in [0.3, 0.4) is 0 Å². The molecule has 1 aliphatic rings. The van der Waals surface area contributed by atoms with Crippen LogP contribution in [0.5, 0.6) is 11.5 Å². The molecule has 0 atom stereocenters. The van der Waals surface area contributed by atoms with E-state index < -0.39 is 0 Å². The highest BCUT2D eigenvalue weighted by molar-refractivity contribution is 8.18. The molecule has 1 saturated heterocycles. The summed E-state index contributed by atoms with van der Waals surface area (Å²) in [6.07, 6.45) is 2.76. The first-order valence-electron chi connectivity index (χ1n) is 10.8. The zero-order valence-corrected chi connectivity index (χ0v) is 19.7. The molecule has 4 rings (SSSR count). The van der Waals surface area contributed by atoms with Crippen LogP contribution in [0.15, 0.2) is 76.6 Å². The van der Waals surface area contributed by atoms with E-state index >= 15 is 0 Å². The SMILES string of the molecule is CCc1ccc(N=C2NC(=O)/C(=C/c3ccc(OCc4ccccc4C#N)c(OC)c3)S2)cc1. The van der Waals surface area contributed by atoms with E-state index in [0.717, 1.165) is 23.2 Å². The number of amidine groups is 1. The van der Waals surface area contributed by atoms with Crippen LogP contribution >= 0.6 is 11.8 Å². The third-order valence-corrected chi connectivity index (χ3v) is 6.14. The summed E-state index contributed by atoms with van der Waals surface area (Å²) in [6, 6.07) is 22.9. The summed E-state index contributed by atoms with van der Waals surface area (Å²) in [7, 11) is 1.56. The molecule has 3 aromatic rings. The number of ether oxygens (including phenoxy) is 2. The summed E-state index contributed by atoms with van der Waals surface area (Å²) in [5.41, 5.74) is 4.21. The number of hydrogen-bond acceptors (Lipinski definition) is 6. The average Bonchev–Trinajstić information content (AvgIpc) is 3.21. The maximum atomic E-state index is 12.5. The minimum absolute atomic E-state index is 0.193. The highest BCUT2D eigenvalue weighted by Gasteiger charge is 2.24. The van der Waals surface area contributed by atoms with E-state index in [1.807, 2.05) is 54.6 Å². The topological polar surface area (TPSA) is 83.7 Å². The van der Waals surface area contributed by atoms with Crippen molar-refractivity contribution >= 4 is 34.6 Å². The van der Waals surface area contributed by atoms with E-state index in [-0.39, 0.29) is 12.5 Å². The molecule has 1 fully saturated rings. The first kappa shape index (κ1) is 23.1. The first-order valence-corrected chi connectivity index (χ1v) is 11.6. The standard InChI is InChI=1S/C27H23N3O3S/c1-3-18-8-11-22(12-9-18)29-27-30-26(31)25(34-27)15-19-10-13-23(24(14-19)32-2)33-17-21-7-5-4-6-20(21)16-28/h4-15H,3,17H2,1-2H3,(H,29,30,31)/b25-15-. The molecule has 1 amide bonds. The number of nitrogens with zero attached hydrogens (tertiary/aromatic N) is 2. The molecule has 34 heavy (non-hydrogen) atoms. The van der Waals surface area contributed by atoms with Gasteiger partial charge in [0.05, 0.1) is 29.3 Å². The molecule has 0 saturated carbocycles. The maximum absolute atomic E-state index is 12.5. The van der Waals surface area contributed by atoms with Crippen LogP contribution in [-0.4, -0.2) is 18.2 Å². The van der Waals surface area contributed by atoms with Crippen LogP contribution in [0.2, 0.25) is 0 Å². The Kier molecular flexibility index (Phi) is 7.31. The van der Waals surface area contributed by atoms with Crippen LogP contribution < -0.4 is 14.8 Å². The molecule has 0 aliphatic carbocycles.